The minimum absolute atomic E-state index is 0.0842. The number of nitrogens with zero attached hydrogens (tertiary/aromatic N) is 3. The van der Waals surface area contributed by atoms with Crippen LogP contribution in [0, 0.1) is 5.92 Å². The van der Waals surface area contributed by atoms with Crippen molar-refractivity contribution in [2.24, 2.45) is 5.92 Å². The molecule has 0 unspecified atom stereocenters. The highest BCUT2D eigenvalue weighted by Gasteiger charge is 2.37. The van der Waals surface area contributed by atoms with Crippen LogP contribution in [0.25, 0.3) is 0 Å². The molecule has 2 fully saturated rings. The fourth-order valence-electron chi connectivity index (χ4n) is 4.04. The second kappa shape index (κ2) is 9.02. The first-order valence-electron chi connectivity index (χ1n) is 10.4. The molecule has 29 heavy (non-hydrogen) atoms. The summed E-state index contributed by atoms with van der Waals surface area (Å²) in [5.74, 6) is 0.367. The Balaban J connectivity index is 1.81. The van der Waals surface area contributed by atoms with E-state index in [-0.39, 0.29) is 29.2 Å². The van der Waals surface area contributed by atoms with Crippen LogP contribution in [0.1, 0.15) is 38.2 Å². The van der Waals surface area contributed by atoms with Crippen LogP contribution in [0.3, 0.4) is 0 Å². The van der Waals surface area contributed by atoms with Gasteiger partial charge in [-0.15, -0.1) is 0 Å². The van der Waals surface area contributed by atoms with E-state index in [2.05, 4.69) is 11.9 Å². The van der Waals surface area contributed by atoms with Gasteiger partial charge in [0, 0.05) is 39.3 Å². The first-order chi connectivity index (χ1) is 13.7. The van der Waals surface area contributed by atoms with Gasteiger partial charge in [0.15, 0.2) is 0 Å². The Morgan fingerprint density at radius 2 is 1.83 bits per heavy atom. The lowest BCUT2D eigenvalue weighted by Crippen LogP contribution is -2.52. The van der Waals surface area contributed by atoms with Gasteiger partial charge in [0.25, 0.3) is 0 Å². The lowest BCUT2D eigenvalue weighted by atomic mass is 9.98. The van der Waals surface area contributed by atoms with Crippen molar-refractivity contribution in [3.8, 4) is 5.75 Å². The van der Waals surface area contributed by atoms with Gasteiger partial charge in [-0.25, -0.2) is 8.42 Å². The molecule has 2 aliphatic rings. The maximum Gasteiger partial charge on any atom is 0.246 e. The number of amides is 1. The summed E-state index contributed by atoms with van der Waals surface area (Å²) in [6, 6.07) is 5.34. The summed E-state index contributed by atoms with van der Waals surface area (Å²) in [7, 11) is -0.201. The second-order valence-corrected chi connectivity index (χ2v) is 10.3. The van der Waals surface area contributed by atoms with Crippen molar-refractivity contribution >= 4 is 15.9 Å². The summed E-state index contributed by atoms with van der Waals surface area (Å²) < 4.78 is 33.7. The first-order valence-corrected chi connectivity index (χ1v) is 11.8. The molecule has 8 heteroatoms. The highest BCUT2D eigenvalue weighted by Crippen LogP contribution is 2.32. The van der Waals surface area contributed by atoms with Crippen LogP contribution in [-0.2, 0) is 14.8 Å². The lowest BCUT2D eigenvalue weighted by molar-refractivity contribution is -0.138. The molecular formula is C21H33N3O4S. The summed E-state index contributed by atoms with van der Waals surface area (Å²) >= 11 is 0. The molecule has 1 aromatic carbocycles. The number of methoxy groups -OCH3 is 1. The zero-order valence-corrected chi connectivity index (χ0v) is 18.7. The largest absolute Gasteiger partial charge is 0.495 e. The predicted molar refractivity (Wildman–Crippen MR) is 113 cm³/mol. The van der Waals surface area contributed by atoms with Crippen molar-refractivity contribution in [2.45, 2.75) is 37.5 Å². The maximum atomic E-state index is 13.4. The number of carbonyl (C=O) groups excluding carboxylic acids is 1. The average Bonchev–Trinajstić information content (AvgIpc) is 2.73. The van der Waals surface area contributed by atoms with Crippen molar-refractivity contribution in [2.75, 3.05) is 53.4 Å². The normalized spacial score (nSPS) is 22.1. The molecule has 2 aliphatic heterocycles. The molecule has 7 nitrogen and oxygen atoms in total. The van der Waals surface area contributed by atoms with E-state index in [1.54, 1.807) is 12.1 Å². The van der Waals surface area contributed by atoms with Crippen LogP contribution >= 0.6 is 0 Å². The molecule has 2 heterocycles. The lowest BCUT2D eigenvalue weighted by Gasteiger charge is -2.37. The fraction of sp³-hybridized carbons (Fsp3) is 0.667. The van der Waals surface area contributed by atoms with Gasteiger partial charge in [0.05, 0.1) is 13.0 Å². The Morgan fingerprint density at radius 3 is 2.45 bits per heavy atom. The van der Waals surface area contributed by atoms with E-state index >= 15 is 0 Å². The SMILES string of the molecule is COc1ccc(C(C)C)cc1S(=O)(=O)N1CCC[C@H](C(=O)N2CCN(C)CC2)C1. The van der Waals surface area contributed by atoms with Crippen LogP contribution in [-0.4, -0.2) is 81.9 Å². The van der Waals surface area contributed by atoms with Gasteiger partial charge < -0.3 is 14.5 Å². The van der Waals surface area contributed by atoms with Gasteiger partial charge in [0.2, 0.25) is 15.9 Å². The highest BCUT2D eigenvalue weighted by molar-refractivity contribution is 7.89. The molecule has 0 saturated carbocycles. The van der Waals surface area contributed by atoms with E-state index in [1.165, 1.54) is 11.4 Å². The van der Waals surface area contributed by atoms with E-state index in [9.17, 15) is 13.2 Å². The summed E-state index contributed by atoms with van der Waals surface area (Å²) in [4.78, 5) is 17.3. The van der Waals surface area contributed by atoms with E-state index in [4.69, 9.17) is 4.74 Å². The van der Waals surface area contributed by atoms with Crippen molar-refractivity contribution in [3.05, 3.63) is 23.8 Å². The minimum Gasteiger partial charge on any atom is -0.495 e. The van der Waals surface area contributed by atoms with Crippen LogP contribution in [0.4, 0.5) is 0 Å². The third-order valence-electron chi connectivity index (χ3n) is 6.02. The topological polar surface area (TPSA) is 70.2 Å². The van der Waals surface area contributed by atoms with Gasteiger partial charge in [-0.05, 0) is 43.5 Å². The summed E-state index contributed by atoms with van der Waals surface area (Å²) in [5.41, 5.74) is 0.950. The molecule has 1 atom stereocenters. The number of hydrogen-bond acceptors (Lipinski definition) is 5. The van der Waals surface area contributed by atoms with E-state index in [1.807, 2.05) is 24.8 Å². The number of likely N-dealkylation sites (N-methyl/N-ethyl adjacent to an activating group) is 1. The van der Waals surface area contributed by atoms with Crippen molar-refractivity contribution in [3.63, 3.8) is 0 Å². The second-order valence-electron chi connectivity index (χ2n) is 8.40. The third-order valence-corrected chi connectivity index (χ3v) is 7.91. The van der Waals surface area contributed by atoms with E-state index in [0.29, 0.717) is 31.8 Å². The monoisotopic (exact) mass is 423 g/mol. The predicted octanol–water partition coefficient (Wildman–Crippen LogP) is 1.99. The first kappa shape index (κ1) is 22.1. The standard InChI is InChI=1S/C21H33N3O4S/c1-16(2)17-7-8-19(28-4)20(14-17)29(26,27)24-9-5-6-18(15-24)21(25)23-12-10-22(3)11-13-23/h7-8,14,16,18H,5-6,9-13,15H2,1-4H3/t18-/m0/s1. The number of rotatable bonds is 5. The molecule has 3 rings (SSSR count). The summed E-state index contributed by atoms with van der Waals surface area (Å²) in [6.07, 6.45) is 1.43. The number of piperazine rings is 1. The third kappa shape index (κ3) is 4.75. The zero-order chi connectivity index (χ0) is 21.2. The van der Waals surface area contributed by atoms with Crippen LogP contribution in [0.15, 0.2) is 23.1 Å². The fourth-order valence-corrected chi connectivity index (χ4v) is 5.75. The van der Waals surface area contributed by atoms with Crippen molar-refractivity contribution < 1.29 is 17.9 Å². The molecule has 0 aliphatic carbocycles. The molecular weight excluding hydrogens is 390 g/mol. The Morgan fingerprint density at radius 1 is 1.14 bits per heavy atom. The number of sulfonamides is 1. The zero-order valence-electron chi connectivity index (χ0n) is 17.9. The molecule has 0 spiro atoms. The molecule has 0 N–H and O–H groups in total. The number of carbonyl (C=O) groups is 1. The number of hydrogen-bond donors (Lipinski definition) is 0. The van der Waals surface area contributed by atoms with Gasteiger partial charge >= 0.3 is 0 Å². The molecule has 2 saturated heterocycles. The van der Waals surface area contributed by atoms with E-state index < -0.39 is 10.0 Å². The van der Waals surface area contributed by atoms with E-state index in [0.717, 1.165) is 25.1 Å². The van der Waals surface area contributed by atoms with Crippen LogP contribution in [0.2, 0.25) is 0 Å². The maximum absolute atomic E-state index is 13.4. The number of benzene rings is 1. The van der Waals surface area contributed by atoms with Crippen LogP contribution < -0.4 is 4.74 Å². The van der Waals surface area contributed by atoms with Gasteiger partial charge in [0.1, 0.15) is 10.6 Å². The van der Waals surface area contributed by atoms with Crippen molar-refractivity contribution in [1.82, 2.24) is 14.1 Å². The molecule has 162 valence electrons. The molecule has 1 aromatic rings. The quantitative estimate of drug-likeness (QED) is 0.724. The Hall–Kier alpha value is -1.64. The summed E-state index contributed by atoms with van der Waals surface area (Å²) in [6.45, 7) is 7.88. The molecule has 0 aromatic heterocycles. The van der Waals surface area contributed by atoms with Crippen molar-refractivity contribution in [1.29, 1.82) is 0 Å². The smallest absolute Gasteiger partial charge is 0.246 e. The molecule has 0 radical (unpaired) electrons. The van der Waals surface area contributed by atoms with Gasteiger partial charge in [-0.3, -0.25) is 4.79 Å². The van der Waals surface area contributed by atoms with Crippen LogP contribution in [0.5, 0.6) is 5.75 Å². The molecule has 1 amide bonds. The molecule has 0 bridgehead atoms. The van der Waals surface area contributed by atoms with Gasteiger partial charge in [-0.1, -0.05) is 19.9 Å². The highest BCUT2D eigenvalue weighted by atomic mass is 32.2. The number of ether oxygens (including phenoxy) is 1. The Kier molecular flexibility index (Phi) is 6.86. The Bertz CT molecular complexity index is 832. The Labute approximate surface area is 174 Å². The number of piperidine rings is 1. The van der Waals surface area contributed by atoms with Gasteiger partial charge in [-0.2, -0.15) is 4.31 Å². The summed E-state index contributed by atoms with van der Waals surface area (Å²) in [5, 5.41) is 0. The average molecular weight is 424 g/mol. The minimum atomic E-state index is -3.74.